The molecule has 0 unspecified atom stereocenters. The predicted molar refractivity (Wildman–Crippen MR) is 104 cm³/mol. The Kier molecular flexibility index (Phi) is 5.64. The molecule has 1 aliphatic heterocycles. The lowest BCUT2D eigenvalue weighted by molar-refractivity contribution is -0.122. The molecule has 0 aromatic heterocycles. The first-order chi connectivity index (χ1) is 12.4. The number of hydrogen-bond acceptors (Lipinski definition) is 4. The molecule has 138 valence electrons. The predicted octanol–water partition coefficient (Wildman–Crippen LogP) is 3.18. The molecular weight excluding hydrogens is 420 g/mol. The maximum absolute atomic E-state index is 12.6. The van der Waals surface area contributed by atoms with Crippen molar-refractivity contribution in [3.8, 4) is 0 Å². The summed E-state index contributed by atoms with van der Waals surface area (Å²) in [5.41, 5.74) is 2.17. The van der Waals surface area contributed by atoms with Gasteiger partial charge in [-0.3, -0.25) is 9.52 Å². The van der Waals surface area contributed by atoms with E-state index in [1.165, 1.54) is 19.2 Å². The summed E-state index contributed by atoms with van der Waals surface area (Å²) in [6, 6.07) is 11.7. The number of anilines is 2. The third-order valence-corrected chi connectivity index (χ3v) is 6.07. The van der Waals surface area contributed by atoms with Gasteiger partial charge in [-0.15, -0.1) is 0 Å². The minimum absolute atomic E-state index is 0.00567. The largest absolute Gasteiger partial charge is 0.375 e. The zero-order valence-electron chi connectivity index (χ0n) is 14.2. The molecule has 0 fully saturated rings. The van der Waals surface area contributed by atoms with Crippen molar-refractivity contribution >= 4 is 43.2 Å². The van der Waals surface area contributed by atoms with E-state index in [1.54, 1.807) is 29.2 Å². The van der Waals surface area contributed by atoms with E-state index in [4.69, 9.17) is 4.74 Å². The Hall–Kier alpha value is -1.90. The number of benzene rings is 2. The van der Waals surface area contributed by atoms with Gasteiger partial charge in [0.25, 0.3) is 15.9 Å². The van der Waals surface area contributed by atoms with Crippen molar-refractivity contribution in [2.75, 3.05) is 29.9 Å². The average Bonchev–Trinajstić information content (AvgIpc) is 2.61. The lowest BCUT2D eigenvalue weighted by Crippen LogP contribution is -2.37. The topological polar surface area (TPSA) is 75.7 Å². The monoisotopic (exact) mass is 438 g/mol. The van der Waals surface area contributed by atoms with E-state index in [1.807, 2.05) is 6.07 Å². The molecule has 1 N–H and O–H groups in total. The minimum atomic E-state index is -3.70. The summed E-state index contributed by atoms with van der Waals surface area (Å²) in [6.45, 7) is 0.590. The number of carbonyl (C=O) groups is 1. The maximum Gasteiger partial charge on any atom is 0.261 e. The van der Waals surface area contributed by atoms with Gasteiger partial charge in [-0.05, 0) is 54.8 Å². The van der Waals surface area contributed by atoms with Gasteiger partial charge in [-0.25, -0.2) is 8.42 Å². The van der Waals surface area contributed by atoms with Gasteiger partial charge in [0.1, 0.15) is 6.61 Å². The van der Waals surface area contributed by atoms with Gasteiger partial charge in [0.2, 0.25) is 0 Å². The van der Waals surface area contributed by atoms with Gasteiger partial charge in [-0.2, -0.15) is 0 Å². The van der Waals surface area contributed by atoms with Crippen molar-refractivity contribution < 1.29 is 17.9 Å². The summed E-state index contributed by atoms with van der Waals surface area (Å²) in [5, 5.41) is 0. The molecule has 1 heterocycles. The maximum atomic E-state index is 12.6. The van der Waals surface area contributed by atoms with Gasteiger partial charge in [-0.1, -0.05) is 22.0 Å². The molecule has 26 heavy (non-hydrogen) atoms. The molecule has 0 bridgehead atoms. The number of nitrogens with one attached hydrogen (secondary N) is 1. The van der Waals surface area contributed by atoms with Gasteiger partial charge < -0.3 is 9.64 Å². The van der Waals surface area contributed by atoms with E-state index in [9.17, 15) is 13.2 Å². The van der Waals surface area contributed by atoms with E-state index in [0.717, 1.165) is 28.6 Å². The Morgan fingerprint density at radius 3 is 2.65 bits per heavy atom. The third-order valence-electron chi connectivity index (χ3n) is 4.15. The summed E-state index contributed by atoms with van der Waals surface area (Å²) in [7, 11) is -2.23. The van der Waals surface area contributed by atoms with Crippen molar-refractivity contribution in [3.05, 3.63) is 52.5 Å². The third kappa shape index (κ3) is 4.08. The molecule has 1 aliphatic rings. The number of amides is 1. The summed E-state index contributed by atoms with van der Waals surface area (Å²) >= 11 is 3.29. The molecule has 6 nitrogen and oxygen atoms in total. The highest BCUT2D eigenvalue weighted by Gasteiger charge is 2.23. The fourth-order valence-corrected chi connectivity index (χ4v) is 4.24. The quantitative estimate of drug-likeness (QED) is 0.777. The van der Waals surface area contributed by atoms with Crippen LogP contribution in [0.25, 0.3) is 0 Å². The van der Waals surface area contributed by atoms with Gasteiger partial charge in [0.15, 0.2) is 0 Å². The second kappa shape index (κ2) is 7.77. The zero-order valence-corrected chi connectivity index (χ0v) is 16.6. The van der Waals surface area contributed by atoms with Crippen molar-refractivity contribution in [2.45, 2.75) is 17.7 Å². The fraction of sp³-hybridized carbons (Fsp3) is 0.278. The van der Waals surface area contributed by atoms with Crippen molar-refractivity contribution in [1.82, 2.24) is 0 Å². The van der Waals surface area contributed by atoms with Crippen molar-refractivity contribution in [3.63, 3.8) is 0 Å². The Morgan fingerprint density at radius 1 is 1.23 bits per heavy atom. The molecule has 8 heteroatoms. The molecule has 0 aliphatic carbocycles. The summed E-state index contributed by atoms with van der Waals surface area (Å²) in [6.07, 6.45) is 1.72. The number of methoxy groups -OCH3 is 1. The number of fused-ring (bicyclic) bond motifs is 1. The van der Waals surface area contributed by atoms with Gasteiger partial charge in [0.05, 0.1) is 10.6 Å². The molecule has 0 atom stereocenters. The highest BCUT2D eigenvalue weighted by Crippen LogP contribution is 2.31. The number of rotatable bonds is 5. The molecule has 1 amide bonds. The second-order valence-corrected chi connectivity index (χ2v) is 8.58. The first-order valence-electron chi connectivity index (χ1n) is 8.11. The standard InChI is InChI=1S/C18H19BrN2O4S/c1-25-12-18(22)21-10-2-3-13-4-7-15(11-17(13)21)20-26(23,24)16-8-5-14(19)6-9-16/h4-9,11,20H,2-3,10,12H2,1H3. The van der Waals surface area contributed by atoms with E-state index in [-0.39, 0.29) is 17.4 Å². The van der Waals surface area contributed by atoms with Crippen LogP contribution in [0.1, 0.15) is 12.0 Å². The summed E-state index contributed by atoms with van der Waals surface area (Å²) in [5.74, 6) is -0.138. The first kappa shape index (κ1) is 18.9. The molecule has 0 saturated carbocycles. The van der Waals surface area contributed by atoms with Crippen molar-refractivity contribution in [1.29, 1.82) is 0 Å². The smallest absolute Gasteiger partial charge is 0.261 e. The molecule has 0 spiro atoms. The van der Waals surface area contributed by atoms with Crippen LogP contribution in [0.3, 0.4) is 0 Å². The Labute approximate surface area is 161 Å². The second-order valence-electron chi connectivity index (χ2n) is 5.98. The number of hydrogen-bond donors (Lipinski definition) is 1. The molecule has 2 aromatic rings. The van der Waals surface area contributed by atoms with Crippen LogP contribution in [-0.2, 0) is 26.0 Å². The Bertz CT molecular complexity index is 913. The summed E-state index contributed by atoms with van der Waals surface area (Å²) < 4.78 is 33.5. The summed E-state index contributed by atoms with van der Waals surface area (Å²) in [4.78, 5) is 14.1. The van der Waals surface area contributed by atoms with E-state index in [2.05, 4.69) is 20.7 Å². The van der Waals surface area contributed by atoms with Gasteiger partial charge in [0, 0.05) is 23.8 Å². The molecular formula is C18H19BrN2O4S. The van der Waals surface area contributed by atoms with Crippen LogP contribution in [0.2, 0.25) is 0 Å². The zero-order chi connectivity index (χ0) is 18.7. The van der Waals surface area contributed by atoms with Crippen LogP contribution in [-0.4, -0.2) is 34.6 Å². The normalized spacial score (nSPS) is 14.0. The van der Waals surface area contributed by atoms with Gasteiger partial charge >= 0.3 is 0 Å². The molecule has 0 radical (unpaired) electrons. The number of carbonyl (C=O) groups excluding carboxylic acids is 1. The number of sulfonamides is 1. The average molecular weight is 439 g/mol. The highest BCUT2D eigenvalue weighted by atomic mass is 79.9. The first-order valence-corrected chi connectivity index (χ1v) is 10.4. The lowest BCUT2D eigenvalue weighted by atomic mass is 10.0. The number of aryl methyl sites for hydroxylation is 1. The van der Waals surface area contributed by atoms with Crippen LogP contribution < -0.4 is 9.62 Å². The molecule has 3 rings (SSSR count). The van der Waals surface area contributed by atoms with Crippen LogP contribution >= 0.6 is 15.9 Å². The Balaban J connectivity index is 1.89. The molecule has 0 saturated heterocycles. The van der Waals surface area contributed by atoms with E-state index >= 15 is 0 Å². The van der Waals surface area contributed by atoms with Crippen LogP contribution in [0.5, 0.6) is 0 Å². The SMILES string of the molecule is COCC(=O)N1CCCc2ccc(NS(=O)(=O)c3ccc(Br)cc3)cc21. The van der Waals surface area contributed by atoms with Crippen molar-refractivity contribution in [2.24, 2.45) is 0 Å². The number of nitrogens with zero attached hydrogens (tertiary/aromatic N) is 1. The molecule has 2 aromatic carbocycles. The van der Waals surface area contributed by atoms with Crippen LogP contribution in [0, 0.1) is 0 Å². The lowest BCUT2D eigenvalue weighted by Gasteiger charge is -2.30. The van der Waals surface area contributed by atoms with E-state index < -0.39 is 10.0 Å². The number of halogens is 1. The fourth-order valence-electron chi connectivity index (χ4n) is 2.93. The minimum Gasteiger partial charge on any atom is -0.375 e. The highest BCUT2D eigenvalue weighted by molar-refractivity contribution is 9.10. The Morgan fingerprint density at radius 2 is 1.96 bits per heavy atom. The van der Waals surface area contributed by atoms with Crippen LogP contribution in [0.4, 0.5) is 11.4 Å². The number of ether oxygens (including phenoxy) is 1. The van der Waals surface area contributed by atoms with Crippen LogP contribution in [0.15, 0.2) is 51.8 Å². The van der Waals surface area contributed by atoms with E-state index in [0.29, 0.717) is 12.2 Å².